The zero-order chi connectivity index (χ0) is 14.3. The molecule has 0 radical (unpaired) electrons. The van der Waals surface area contributed by atoms with Crippen LogP contribution in [0.2, 0.25) is 0 Å². The zero-order valence-corrected chi connectivity index (χ0v) is 13.1. The maximum Gasteiger partial charge on any atom is 0.0678 e. The van der Waals surface area contributed by atoms with Gasteiger partial charge in [0.1, 0.15) is 0 Å². The molecule has 1 aromatic rings. The Morgan fingerprint density at radius 2 is 1.95 bits per heavy atom. The number of nitrogens with zero attached hydrogens (tertiary/aromatic N) is 2. The summed E-state index contributed by atoms with van der Waals surface area (Å²) in [5, 5.41) is 12.1. The van der Waals surface area contributed by atoms with Crippen molar-refractivity contribution in [3.8, 4) is 0 Å². The largest absolute Gasteiger partial charge is 0.313 e. The summed E-state index contributed by atoms with van der Waals surface area (Å²) in [6, 6.07) is 2.60. The smallest absolute Gasteiger partial charge is 0.0678 e. The number of aryl methyl sites for hydroxylation is 1. The maximum atomic E-state index is 4.36. The predicted molar refractivity (Wildman–Crippen MR) is 81.2 cm³/mol. The lowest BCUT2D eigenvalue weighted by Gasteiger charge is -2.24. The molecule has 108 valence electrons. The molecule has 0 saturated heterocycles. The monoisotopic (exact) mass is 263 g/mol. The number of hydrogen-bond donors (Lipinski definition) is 1. The van der Waals surface area contributed by atoms with E-state index < -0.39 is 0 Å². The third kappa shape index (κ3) is 5.68. The fourth-order valence-electron chi connectivity index (χ4n) is 2.19. The Labute approximate surface area is 118 Å². The molecule has 0 saturated carbocycles. The van der Waals surface area contributed by atoms with Gasteiger partial charge in [0.25, 0.3) is 0 Å². The molecular weight excluding hydrogens is 234 g/mol. The van der Waals surface area contributed by atoms with Crippen LogP contribution in [-0.4, -0.2) is 22.8 Å². The highest BCUT2D eigenvalue weighted by atomic mass is 15.1. The van der Waals surface area contributed by atoms with Gasteiger partial charge in [0, 0.05) is 18.7 Å². The Bertz CT molecular complexity index is 361. The Balaban J connectivity index is 2.72. The average Bonchev–Trinajstić information content (AvgIpc) is 2.36. The van der Waals surface area contributed by atoms with Crippen LogP contribution < -0.4 is 5.32 Å². The van der Waals surface area contributed by atoms with Crippen LogP contribution in [-0.2, 0) is 12.8 Å². The van der Waals surface area contributed by atoms with Crippen LogP contribution in [0.25, 0.3) is 0 Å². The van der Waals surface area contributed by atoms with Crippen LogP contribution in [0.5, 0.6) is 0 Å². The van der Waals surface area contributed by atoms with Crippen molar-refractivity contribution in [3.63, 3.8) is 0 Å². The molecule has 19 heavy (non-hydrogen) atoms. The third-order valence-corrected chi connectivity index (χ3v) is 3.42. The van der Waals surface area contributed by atoms with E-state index in [0.717, 1.165) is 25.8 Å². The molecule has 0 aliphatic heterocycles. The summed E-state index contributed by atoms with van der Waals surface area (Å²) in [5.41, 5.74) is 2.52. The fraction of sp³-hybridized carbons (Fsp3) is 0.750. The highest BCUT2D eigenvalue weighted by Crippen LogP contribution is 2.14. The summed E-state index contributed by atoms with van der Waals surface area (Å²) < 4.78 is 0. The van der Waals surface area contributed by atoms with E-state index in [2.05, 4.69) is 56.2 Å². The number of hydrogen-bond acceptors (Lipinski definition) is 3. The minimum Gasteiger partial charge on any atom is -0.313 e. The van der Waals surface area contributed by atoms with E-state index >= 15 is 0 Å². The van der Waals surface area contributed by atoms with E-state index in [9.17, 15) is 0 Å². The lowest BCUT2D eigenvalue weighted by Crippen LogP contribution is -2.38. The second-order valence-corrected chi connectivity index (χ2v) is 6.11. The van der Waals surface area contributed by atoms with Crippen LogP contribution in [0.3, 0.4) is 0 Å². The second kappa shape index (κ2) is 8.26. The standard InChI is InChI=1S/C16H29N3/c1-6-7-14-8-9-18-19-16(14)10-15(13(4)5)17-11-12(2)3/h8-9,12-13,15,17H,6-7,10-11H2,1-5H3. The van der Waals surface area contributed by atoms with Crippen molar-refractivity contribution in [2.24, 2.45) is 11.8 Å². The van der Waals surface area contributed by atoms with Gasteiger partial charge in [0.05, 0.1) is 5.69 Å². The van der Waals surface area contributed by atoms with Crippen molar-refractivity contribution < 1.29 is 0 Å². The summed E-state index contributed by atoms with van der Waals surface area (Å²) in [4.78, 5) is 0. The quantitative estimate of drug-likeness (QED) is 0.782. The van der Waals surface area contributed by atoms with Crippen molar-refractivity contribution in [2.45, 2.75) is 59.9 Å². The summed E-state index contributed by atoms with van der Waals surface area (Å²) in [6.45, 7) is 12.3. The first-order valence-electron chi connectivity index (χ1n) is 7.57. The molecule has 1 aromatic heterocycles. The van der Waals surface area contributed by atoms with Gasteiger partial charge in [0.15, 0.2) is 0 Å². The molecule has 0 aliphatic rings. The van der Waals surface area contributed by atoms with E-state index in [4.69, 9.17) is 0 Å². The molecule has 3 heteroatoms. The van der Waals surface area contributed by atoms with Crippen LogP contribution >= 0.6 is 0 Å². The van der Waals surface area contributed by atoms with Crippen molar-refractivity contribution in [2.75, 3.05) is 6.54 Å². The van der Waals surface area contributed by atoms with Gasteiger partial charge in [-0.3, -0.25) is 0 Å². The molecule has 3 nitrogen and oxygen atoms in total. The van der Waals surface area contributed by atoms with Crippen LogP contribution in [0.1, 0.15) is 52.3 Å². The van der Waals surface area contributed by atoms with Crippen molar-refractivity contribution in [1.29, 1.82) is 0 Å². The Morgan fingerprint density at radius 1 is 1.21 bits per heavy atom. The van der Waals surface area contributed by atoms with Crippen LogP contribution in [0.4, 0.5) is 0 Å². The predicted octanol–water partition coefficient (Wildman–Crippen LogP) is 3.24. The third-order valence-electron chi connectivity index (χ3n) is 3.42. The van der Waals surface area contributed by atoms with Gasteiger partial charge in [-0.2, -0.15) is 10.2 Å². The summed E-state index contributed by atoms with van der Waals surface area (Å²) in [5.74, 6) is 1.29. The van der Waals surface area contributed by atoms with E-state index in [1.807, 2.05) is 0 Å². The topological polar surface area (TPSA) is 37.8 Å². The molecule has 0 amide bonds. The fourth-order valence-corrected chi connectivity index (χ4v) is 2.19. The number of nitrogens with one attached hydrogen (secondary N) is 1. The zero-order valence-electron chi connectivity index (χ0n) is 13.1. The Kier molecular flexibility index (Phi) is 7.00. The number of aromatic nitrogens is 2. The van der Waals surface area contributed by atoms with Gasteiger partial charge in [-0.05, 0) is 36.4 Å². The highest BCUT2D eigenvalue weighted by molar-refractivity contribution is 5.18. The average molecular weight is 263 g/mol. The normalized spacial score (nSPS) is 13.2. The molecule has 1 rings (SSSR count). The molecule has 1 unspecified atom stereocenters. The van der Waals surface area contributed by atoms with Gasteiger partial charge in [0.2, 0.25) is 0 Å². The van der Waals surface area contributed by atoms with Gasteiger partial charge < -0.3 is 5.32 Å². The van der Waals surface area contributed by atoms with Crippen molar-refractivity contribution >= 4 is 0 Å². The number of rotatable bonds is 8. The lowest BCUT2D eigenvalue weighted by atomic mass is 9.95. The van der Waals surface area contributed by atoms with E-state index in [-0.39, 0.29) is 0 Å². The van der Waals surface area contributed by atoms with Crippen LogP contribution in [0.15, 0.2) is 12.3 Å². The van der Waals surface area contributed by atoms with E-state index in [1.54, 1.807) is 6.20 Å². The molecule has 0 fully saturated rings. The van der Waals surface area contributed by atoms with Gasteiger partial charge in [-0.15, -0.1) is 0 Å². The van der Waals surface area contributed by atoms with Gasteiger partial charge >= 0.3 is 0 Å². The molecule has 0 aromatic carbocycles. The second-order valence-electron chi connectivity index (χ2n) is 6.11. The molecule has 0 bridgehead atoms. The molecule has 1 atom stereocenters. The van der Waals surface area contributed by atoms with E-state index in [0.29, 0.717) is 17.9 Å². The summed E-state index contributed by atoms with van der Waals surface area (Å²) in [6.07, 6.45) is 5.04. The van der Waals surface area contributed by atoms with Gasteiger partial charge in [-0.1, -0.05) is 41.0 Å². The van der Waals surface area contributed by atoms with Crippen LogP contribution in [0, 0.1) is 11.8 Å². The minimum atomic E-state index is 0.481. The molecule has 0 aliphatic carbocycles. The molecule has 0 spiro atoms. The first-order chi connectivity index (χ1) is 9.04. The van der Waals surface area contributed by atoms with Gasteiger partial charge in [-0.25, -0.2) is 0 Å². The lowest BCUT2D eigenvalue weighted by molar-refractivity contribution is 0.371. The first-order valence-corrected chi connectivity index (χ1v) is 7.57. The van der Waals surface area contributed by atoms with Crippen molar-refractivity contribution in [3.05, 3.63) is 23.5 Å². The summed E-state index contributed by atoms with van der Waals surface area (Å²) >= 11 is 0. The van der Waals surface area contributed by atoms with Crippen molar-refractivity contribution in [1.82, 2.24) is 15.5 Å². The SMILES string of the molecule is CCCc1ccnnc1CC(NCC(C)C)C(C)C. The van der Waals surface area contributed by atoms with E-state index in [1.165, 1.54) is 11.3 Å². The Hall–Kier alpha value is -0.960. The first kappa shape index (κ1) is 16.1. The molecule has 1 heterocycles. The molecular formula is C16H29N3. The highest BCUT2D eigenvalue weighted by Gasteiger charge is 2.16. The minimum absolute atomic E-state index is 0.481. The summed E-state index contributed by atoms with van der Waals surface area (Å²) in [7, 11) is 0. The Morgan fingerprint density at radius 3 is 2.53 bits per heavy atom. The maximum absolute atomic E-state index is 4.36. The molecule has 1 N–H and O–H groups in total.